The van der Waals surface area contributed by atoms with Gasteiger partial charge in [0.1, 0.15) is 0 Å². The van der Waals surface area contributed by atoms with Crippen molar-refractivity contribution in [2.24, 2.45) is 0 Å². The highest BCUT2D eigenvalue weighted by molar-refractivity contribution is 5.82. The predicted octanol–water partition coefficient (Wildman–Crippen LogP) is 0.422. The molecule has 1 atom stereocenters. The number of halogens is 3. The van der Waals surface area contributed by atoms with Gasteiger partial charge in [-0.05, 0) is 0 Å². The summed E-state index contributed by atoms with van der Waals surface area (Å²) in [5, 5.41) is 0. The van der Waals surface area contributed by atoms with E-state index in [1.54, 1.807) is 0 Å². The van der Waals surface area contributed by atoms with E-state index >= 15 is 0 Å². The first kappa shape index (κ1) is 12.3. The van der Waals surface area contributed by atoms with Crippen LogP contribution in [-0.2, 0) is 14.3 Å². The van der Waals surface area contributed by atoms with Crippen molar-refractivity contribution < 1.29 is 27.4 Å². The van der Waals surface area contributed by atoms with Crippen molar-refractivity contribution in [1.29, 1.82) is 0 Å². The molecule has 0 saturated carbocycles. The van der Waals surface area contributed by atoms with Crippen LogP contribution in [0.2, 0.25) is 0 Å². The number of hydrogen-bond acceptors (Lipinski definition) is 3. The highest BCUT2D eigenvalue weighted by atomic mass is 19.4. The van der Waals surface area contributed by atoms with E-state index in [1.165, 1.54) is 7.11 Å². The van der Waals surface area contributed by atoms with E-state index in [4.69, 9.17) is 9.47 Å². The van der Waals surface area contributed by atoms with Crippen molar-refractivity contribution in [1.82, 2.24) is 4.90 Å². The number of hydrogen-bond donors (Lipinski definition) is 0. The minimum atomic E-state index is -4.83. The van der Waals surface area contributed by atoms with Gasteiger partial charge in [0.25, 0.3) is 0 Å². The topological polar surface area (TPSA) is 38.8 Å². The van der Waals surface area contributed by atoms with Crippen molar-refractivity contribution in [3.63, 3.8) is 0 Å². The standard InChI is InChI=1S/C8H12F3NO3/c1-14-4-6-5-15-3-2-12(6)7(13)8(9,10)11/h6H,2-5H2,1H3. The Hall–Kier alpha value is -0.820. The lowest BCUT2D eigenvalue weighted by atomic mass is 10.2. The Morgan fingerprint density at radius 1 is 1.60 bits per heavy atom. The van der Waals surface area contributed by atoms with Crippen LogP contribution in [0.4, 0.5) is 13.2 Å². The molecule has 4 nitrogen and oxygen atoms in total. The number of alkyl halides is 3. The van der Waals surface area contributed by atoms with E-state index in [9.17, 15) is 18.0 Å². The zero-order valence-corrected chi connectivity index (χ0v) is 8.21. The molecule has 0 bridgehead atoms. The molecule has 1 rings (SSSR count). The summed E-state index contributed by atoms with van der Waals surface area (Å²) in [5.74, 6) is -1.83. The van der Waals surface area contributed by atoms with Crippen LogP contribution < -0.4 is 0 Å². The fourth-order valence-corrected chi connectivity index (χ4v) is 1.42. The Kier molecular flexibility index (Phi) is 3.92. The van der Waals surface area contributed by atoms with Gasteiger partial charge in [-0.2, -0.15) is 13.2 Å². The Morgan fingerprint density at radius 2 is 2.27 bits per heavy atom. The van der Waals surface area contributed by atoms with Crippen LogP contribution in [0.15, 0.2) is 0 Å². The monoisotopic (exact) mass is 227 g/mol. The molecule has 0 aromatic rings. The number of rotatable bonds is 2. The van der Waals surface area contributed by atoms with E-state index in [2.05, 4.69) is 0 Å². The van der Waals surface area contributed by atoms with Gasteiger partial charge in [0.2, 0.25) is 0 Å². The van der Waals surface area contributed by atoms with E-state index in [1.807, 2.05) is 0 Å². The molecule has 7 heteroatoms. The van der Waals surface area contributed by atoms with Crippen LogP contribution >= 0.6 is 0 Å². The van der Waals surface area contributed by atoms with Gasteiger partial charge in [-0.3, -0.25) is 4.79 Å². The van der Waals surface area contributed by atoms with Gasteiger partial charge in [0.05, 0.1) is 25.9 Å². The zero-order chi connectivity index (χ0) is 11.5. The van der Waals surface area contributed by atoms with Gasteiger partial charge in [0, 0.05) is 13.7 Å². The fraction of sp³-hybridized carbons (Fsp3) is 0.875. The van der Waals surface area contributed by atoms with Gasteiger partial charge in [-0.25, -0.2) is 0 Å². The highest BCUT2D eigenvalue weighted by Gasteiger charge is 2.45. The molecule has 0 N–H and O–H groups in total. The maximum atomic E-state index is 12.2. The molecule has 0 aliphatic carbocycles. The first-order valence-corrected chi connectivity index (χ1v) is 4.41. The molecule has 0 radical (unpaired) electrons. The Labute approximate surface area is 84.9 Å². The Balaban J connectivity index is 2.67. The summed E-state index contributed by atoms with van der Waals surface area (Å²) in [7, 11) is 1.37. The quantitative estimate of drug-likeness (QED) is 0.686. The molecule has 0 aromatic carbocycles. The number of carbonyl (C=O) groups excluding carboxylic acids is 1. The Morgan fingerprint density at radius 3 is 2.80 bits per heavy atom. The van der Waals surface area contributed by atoms with Crippen molar-refractivity contribution in [2.45, 2.75) is 12.2 Å². The van der Waals surface area contributed by atoms with Gasteiger partial charge >= 0.3 is 12.1 Å². The molecule has 88 valence electrons. The van der Waals surface area contributed by atoms with Crippen molar-refractivity contribution >= 4 is 5.91 Å². The molecule has 0 spiro atoms. The molecule has 1 fully saturated rings. The second-order valence-corrected chi connectivity index (χ2v) is 3.18. The number of morpholine rings is 1. The van der Waals surface area contributed by atoms with Gasteiger partial charge in [0.15, 0.2) is 0 Å². The minimum absolute atomic E-state index is 0.0435. The van der Waals surface area contributed by atoms with Gasteiger partial charge in [-0.15, -0.1) is 0 Å². The second kappa shape index (κ2) is 4.80. The predicted molar refractivity (Wildman–Crippen MR) is 44.3 cm³/mol. The normalized spacial score (nSPS) is 22.9. The second-order valence-electron chi connectivity index (χ2n) is 3.18. The summed E-state index contributed by atoms with van der Waals surface area (Å²) < 4.78 is 46.2. The van der Waals surface area contributed by atoms with Crippen molar-refractivity contribution in [3.05, 3.63) is 0 Å². The third-order valence-corrected chi connectivity index (χ3v) is 2.09. The van der Waals surface area contributed by atoms with Gasteiger partial charge in [-0.1, -0.05) is 0 Å². The number of ether oxygens (including phenoxy) is 2. The summed E-state index contributed by atoms with van der Waals surface area (Å²) in [6.45, 7) is 0.200. The summed E-state index contributed by atoms with van der Waals surface area (Å²) in [6.07, 6.45) is -4.83. The molecule has 15 heavy (non-hydrogen) atoms. The average Bonchev–Trinajstić information content (AvgIpc) is 2.17. The lowest BCUT2D eigenvalue weighted by Gasteiger charge is -2.35. The van der Waals surface area contributed by atoms with E-state index in [0.29, 0.717) is 0 Å². The molecular formula is C8H12F3NO3. The SMILES string of the molecule is COCC1COCCN1C(=O)C(F)(F)F. The van der Waals surface area contributed by atoms with Crippen LogP contribution in [0.5, 0.6) is 0 Å². The molecule has 1 heterocycles. The van der Waals surface area contributed by atoms with E-state index < -0.39 is 18.1 Å². The summed E-state index contributed by atoms with van der Waals surface area (Å²) in [5.41, 5.74) is 0. The summed E-state index contributed by atoms with van der Waals surface area (Å²) in [6, 6.07) is -0.655. The number of nitrogens with zero attached hydrogens (tertiary/aromatic N) is 1. The Bertz CT molecular complexity index is 230. The van der Waals surface area contributed by atoms with Crippen molar-refractivity contribution in [3.8, 4) is 0 Å². The molecule has 1 amide bonds. The first-order chi connectivity index (χ1) is 6.96. The maximum absolute atomic E-state index is 12.2. The molecule has 1 saturated heterocycles. The zero-order valence-electron chi connectivity index (χ0n) is 8.21. The van der Waals surface area contributed by atoms with Crippen molar-refractivity contribution in [2.75, 3.05) is 33.5 Å². The summed E-state index contributed by atoms with van der Waals surface area (Å²) in [4.78, 5) is 11.8. The lowest BCUT2D eigenvalue weighted by Crippen LogP contribution is -2.54. The third-order valence-electron chi connectivity index (χ3n) is 2.09. The maximum Gasteiger partial charge on any atom is 0.471 e. The molecule has 0 aromatic heterocycles. The number of methoxy groups -OCH3 is 1. The smallest absolute Gasteiger partial charge is 0.382 e. The molecular weight excluding hydrogens is 215 g/mol. The van der Waals surface area contributed by atoms with E-state index in [-0.39, 0.29) is 26.4 Å². The minimum Gasteiger partial charge on any atom is -0.382 e. The van der Waals surface area contributed by atoms with Crippen LogP contribution in [0.25, 0.3) is 0 Å². The van der Waals surface area contributed by atoms with Gasteiger partial charge < -0.3 is 14.4 Å². The average molecular weight is 227 g/mol. The van der Waals surface area contributed by atoms with Crippen LogP contribution in [0.1, 0.15) is 0 Å². The van der Waals surface area contributed by atoms with Crippen LogP contribution in [-0.4, -0.2) is 56.5 Å². The molecule has 1 aliphatic rings. The number of carbonyl (C=O) groups is 1. The first-order valence-electron chi connectivity index (χ1n) is 4.41. The highest BCUT2D eigenvalue weighted by Crippen LogP contribution is 2.21. The molecule has 1 unspecified atom stereocenters. The molecule has 1 aliphatic heterocycles. The van der Waals surface area contributed by atoms with E-state index in [0.717, 1.165) is 4.90 Å². The van der Waals surface area contributed by atoms with Crippen LogP contribution in [0.3, 0.4) is 0 Å². The lowest BCUT2D eigenvalue weighted by molar-refractivity contribution is -0.194. The summed E-state index contributed by atoms with van der Waals surface area (Å²) >= 11 is 0. The fourth-order valence-electron chi connectivity index (χ4n) is 1.42. The largest absolute Gasteiger partial charge is 0.471 e. The third kappa shape index (κ3) is 3.07. The number of amides is 1. The van der Waals surface area contributed by atoms with Crippen LogP contribution in [0, 0.1) is 0 Å².